The van der Waals surface area contributed by atoms with Crippen LogP contribution in [-0.2, 0) is 23.9 Å². The molecule has 2 aromatic rings. The van der Waals surface area contributed by atoms with Crippen LogP contribution >= 0.6 is 0 Å². The van der Waals surface area contributed by atoms with Gasteiger partial charge >= 0.3 is 6.18 Å². The third-order valence-electron chi connectivity index (χ3n) is 7.12. The first-order valence-electron chi connectivity index (χ1n) is 11.1. The Morgan fingerprint density at radius 3 is 2.33 bits per heavy atom. The maximum atomic E-state index is 13.5. The molecule has 0 radical (unpaired) electrons. The molecule has 1 amide bonds. The van der Waals surface area contributed by atoms with Gasteiger partial charge in [-0.15, -0.1) is 0 Å². The van der Waals surface area contributed by atoms with Gasteiger partial charge in [0.1, 0.15) is 11.4 Å². The normalized spacial score (nSPS) is 19.0. The van der Waals surface area contributed by atoms with Gasteiger partial charge in [0.2, 0.25) is 0 Å². The second kappa shape index (κ2) is 8.06. The summed E-state index contributed by atoms with van der Waals surface area (Å²) in [6.07, 6.45) is -3.29. The van der Waals surface area contributed by atoms with Crippen LogP contribution in [-0.4, -0.2) is 59.2 Å². The zero-order valence-electron chi connectivity index (χ0n) is 19.4. The Balaban J connectivity index is 0.00000324. The van der Waals surface area contributed by atoms with Crippen LogP contribution in [0.1, 0.15) is 55.4 Å². The topological polar surface area (TPSA) is 57.9 Å². The number of piperidine rings is 1. The molecule has 2 aliphatic heterocycles. The van der Waals surface area contributed by atoms with Crippen LogP contribution in [0, 0.1) is 0 Å². The summed E-state index contributed by atoms with van der Waals surface area (Å²) >= 11 is 0. The van der Waals surface area contributed by atoms with Crippen molar-refractivity contribution < 1.29 is 29.2 Å². The molecule has 0 atom stereocenters. The molecule has 1 saturated heterocycles. The summed E-state index contributed by atoms with van der Waals surface area (Å²) in [6, 6.07) is 7.77. The Bertz CT molecular complexity index is 1050. The number of aromatic nitrogens is 1. The summed E-state index contributed by atoms with van der Waals surface area (Å²) in [7, 11) is 3.44. The molecule has 0 saturated carbocycles. The minimum atomic E-state index is -4.39. The number of carbonyl (C=O) groups is 1. The molecule has 4 rings (SSSR count). The Hall–Kier alpha value is -2.52. The molecular formula is C24H32F3N3O3. The zero-order valence-corrected chi connectivity index (χ0v) is 19.4. The number of halogens is 3. The zero-order chi connectivity index (χ0) is 24.2. The average Bonchev–Trinajstić information content (AvgIpc) is 3.21. The highest BCUT2D eigenvalue weighted by Crippen LogP contribution is 2.44. The van der Waals surface area contributed by atoms with Gasteiger partial charge in [-0.25, -0.2) is 0 Å². The van der Waals surface area contributed by atoms with E-state index in [1.807, 2.05) is 7.05 Å². The number of ether oxygens (including phenoxy) is 1. The summed E-state index contributed by atoms with van der Waals surface area (Å²) < 4.78 is 47.2. The molecule has 0 aliphatic carbocycles. The number of hydrogen-bond acceptors (Lipinski definition) is 4. The lowest BCUT2D eigenvalue weighted by atomic mass is 9.81. The summed E-state index contributed by atoms with van der Waals surface area (Å²) in [5, 5.41) is 10.3. The number of amides is 1. The Morgan fingerprint density at radius 2 is 1.76 bits per heavy atom. The first-order chi connectivity index (χ1) is 15.4. The third-order valence-corrected chi connectivity index (χ3v) is 7.12. The van der Waals surface area contributed by atoms with Crippen LogP contribution in [0.2, 0.25) is 0 Å². The first kappa shape index (κ1) is 23.6. The Morgan fingerprint density at radius 1 is 1.09 bits per heavy atom. The minimum Gasteiger partial charge on any atom is -0.496 e. The number of fused-ring (bicyclic) bond motifs is 2. The second-order valence-electron chi connectivity index (χ2n) is 9.47. The number of carbonyl (C=O) groups excluding carboxylic acids is 1. The molecular weight excluding hydrogens is 435 g/mol. The SMILES string of the molecule is COc1cc(C(=O)N2CCC3(CC2)c2ccc(C(F)(F)F)n2CCN3C)ccc1C(C)(C)O.[HH]. The van der Waals surface area contributed by atoms with Gasteiger partial charge < -0.3 is 19.3 Å². The fraction of sp³-hybridized carbons (Fsp3) is 0.542. The van der Waals surface area contributed by atoms with E-state index >= 15 is 0 Å². The van der Waals surface area contributed by atoms with Crippen LogP contribution in [0.4, 0.5) is 13.2 Å². The van der Waals surface area contributed by atoms with E-state index in [1.165, 1.54) is 17.7 Å². The minimum absolute atomic E-state index is 0. The summed E-state index contributed by atoms with van der Waals surface area (Å²) in [5.74, 6) is 0.279. The van der Waals surface area contributed by atoms with E-state index in [2.05, 4.69) is 4.90 Å². The maximum absolute atomic E-state index is 13.5. The van der Waals surface area contributed by atoms with Crippen molar-refractivity contribution in [2.45, 2.75) is 50.6 Å². The molecule has 9 heteroatoms. The lowest BCUT2D eigenvalue weighted by molar-refractivity contribution is -0.144. The van der Waals surface area contributed by atoms with Gasteiger partial charge in [0.25, 0.3) is 5.91 Å². The van der Waals surface area contributed by atoms with E-state index in [1.54, 1.807) is 43.0 Å². The first-order valence-corrected chi connectivity index (χ1v) is 11.1. The van der Waals surface area contributed by atoms with E-state index < -0.39 is 23.0 Å². The lowest BCUT2D eigenvalue weighted by Gasteiger charge is -2.50. The number of aliphatic hydroxyl groups is 1. The predicted octanol–water partition coefficient (Wildman–Crippen LogP) is 4.07. The van der Waals surface area contributed by atoms with E-state index in [4.69, 9.17) is 4.74 Å². The molecule has 0 bridgehead atoms. The van der Waals surface area contributed by atoms with Gasteiger partial charge in [-0.3, -0.25) is 9.69 Å². The molecule has 2 aliphatic rings. The molecule has 33 heavy (non-hydrogen) atoms. The molecule has 1 N–H and O–H groups in total. The smallest absolute Gasteiger partial charge is 0.431 e. The second-order valence-corrected chi connectivity index (χ2v) is 9.47. The quantitative estimate of drug-likeness (QED) is 0.740. The van der Waals surface area contributed by atoms with Crippen molar-refractivity contribution in [3.8, 4) is 5.75 Å². The Labute approximate surface area is 193 Å². The van der Waals surface area contributed by atoms with Crippen molar-refractivity contribution in [2.24, 2.45) is 0 Å². The van der Waals surface area contributed by atoms with Gasteiger partial charge in [-0.2, -0.15) is 13.2 Å². The molecule has 1 aromatic heterocycles. The van der Waals surface area contributed by atoms with Crippen LogP contribution in [0.5, 0.6) is 5.75 Å². The molecule has 182 valence electrons. The van der Waals surface area contributed by atoms with Gasteiger partial charge in [-0.05, 0) is 58.0 Å². The number of nitrogens with zero attached hydrogens (tertiary/aromatic N) is 3. The van der Waals surface area contributed by atoms with Crippen molar-refractivity contribution in [1.82, 2.24) is 14.4 Å². The summed E-state index contributed by atoms with van der Waals surface area (Å²) in [4.78, 5) is 17.1. The average molecular weight is 468 g/mol. The molecule has 1 aromatic carbocycles. The number of rotatable bonds is 3. The number of alkyl halides is 3. The van der Waals surface area contributed by atoms with Crippen LogP contribution in [0.3, 0.4) is 0 Å². The van der Waals surface area contributed by atoms with Gasteiger partial charge in [0.05, 0.1) is 18.2 Å². The van der Waals surface area contributed by atoms with Crippen molar-refractivity contribution >= 4 is 5.91 Å². The van der Waals surface area contributed by atoms with Crippen LogP contribution < -0.4 is 4.74 Å². The lowest BCUT2D eigenvalue weighted by Crippen LogP contribution is -2.56. The predicted molar refractivity (Wildman–Crippen MR) is 119 cm³/mol. The van der Waals surface area contributed by atoms with Crippen molar-refractivity contribution in [1.29, 1.82) is 0 Å². The van der Waals surface area contributed by atoms with E-state index in [0.717, 1.165) is 0 Å². The molecule has 0 unspecified atom stereocenters. The molecule has 6 nitrogen and oxygen atoms in total. The Kier molecular flexibility index (Phi) is 5.77. The molecule has 1 fully saturated rings. The van der Waals surface area contributed by atoms with Gasteiger partial charge in [-0.1, -0.05) is 6.07 Å². The maximum Gasteiger partial charge on any atom is 0.431 e. The highest BCUT2D eigenvalue weighted by Gasteiger charge is 2.47. The summed E-state index contributed by atoms with van der Waals surface area (Å²) in [6.45, 7) is 4.99. The van der Waals surface area contributed by atoms with Crippen LogP contribution in [0.25, 0.3) is 0 Å². The van der Waals surface area contributed by atoms with E-state index in [0.29, 0.717) is 61.6 Å². The number of hydrogen-bond donors (Lipinski definition) is 1. The van der Waals surface area contributed by atoms with Crippen molar-refractivity contribution in [3.63, 3.8) is 0 Å². The standard InChI is InChI=1S/C24H30F3N3O3.H2/c1-22(2,32)17-6-5-16(15-18(17)33-4)21(31)29-11-9-23(10-12-29)19-7-8-20(24(25,26)27)30(19)14-13-28(23)3;/h5-8,15,32H,9-14H2,1-4H3;1H. The number of likely N-dealkylation sites (N-methyl/N-ethyl adjacent to an activating group) is 1. The highest BCUT2D eigenvalue weighted by molar-refractivity contribution is 5.95. The fourth-order valence-electron chi connectivity index (χ4n) is 5.25. The van der Waals surface area contributed by atoms with E-state index in [9.17, 15) is 23.1 Å². The van der Waals surface area contributed by atoms with Gasteiger partial charge in [0, 0.05) is 44.4 Å². The highest BCUT2D eigenvalue weighted by atomic mass is 19.4. The molecule has 3 heterocycles. The van der Waals surface area contributed by atoms with Crippen LogP contribution in [0.15, 0.2) is 30.3 Å². The number of benzene rings is 1. The third kappa shape index (κ3) is 4.01. The molecule has 1 spiro atoms. The fourth-order valence-corrected chi connectivity index (χ4v) is 5.25. The van der Waals surface area contributed by atoms with E-state index in [-0.39, 0.29) is 7.33 Å². The largest absolute Gasteiger partial charge is 0.496 e. The van der Waals surface area contributed by atoms with Gasteiger partial charge in [0.15, 0.2) is 0 Å². The number of likely N-dealkylation sites (tertiary alicyclic amines) is 1. The number of methoxy groups -OCH3 is 1. The summed E-state index contributed by atoms with van der Waals surface area (Å²) in [5.41, 5.74) is -0.532. The monoisotopic (exact) mass is 467 g/mol. The van der Waals surface area contributed by atoms with Crippen molar-refractivity contribution in [2.75, 3.05) is 33.8 Å². The van der Waals surface area contributed by atoms with Crippen molar-refractivity contribution in [3.05, 3.63) is 52.8 Å².